The fourth-order valence-corrected chi connectivity index (χ4v) is 6.13. The van der Waals surface area contributed by atoms with E-state index in [1.54, 1.807) is 6.08 Å². The van der Waals surface area contributed by atoms with Crippen LogP contribution in [0, 0.1) is 5.92 Å². The van der Waals surface area contributed by atoms with Gasteiger partial charge in [-0.05, 0) is 25.2 Å². The van der Waals surface area contributed by atoms with E-state index in [-0.39, 0.29) is 6.61 Å². The Morgan fingerprint density at radius 1 is 0.578 bits per heavy atom. The summed E-state index contributed by atoms with van der Waals surface area (Å²) in [5.74, 6) is 0.307. The molecule has 45 heavy (non-hydrogen) atoms. The van der Waals surface area contributed by atoms with Crippen LogP contribution < -0.4 is 5.32 Å². The minimum atomic E-state index is -1.09. The average molecular weight is 638 g/mol. The van der Waals surface area contributed by atoms with E-state index in [2.05, 4.69) is 26.1 Å². The van der Waals surface area contributed by atoms with Gasteiger partial charge in [0.2, 0.25) is 5.91 Å². The Bertz CT molecular complexity index is 638. The second-order valence-corrected chi connectivity index (χ2v) is 14.3. The van der Waals surface area contributed by atoms with Gasteiger partial charge in [0.05, 0.1) is 18.8 Å². The number of rotatable bonds is 35. The molecule has 0 rings (SSSR count). The molecule has 0 saturated heterocycles. The zero-order valence-electron chi connectivity index (χ0n) is 30.4. The largest absolute Gasteiger partial charge is 0.394 e. The van der Waals surface area contributed by atoms with Gasteiger partial charge in [0.25, 0.3) is 0 Å². The van der Waals surface area contributed by atoms with Crippen molar-refractivity contribution in [3.63, 3.8) is 0 Å². The molecule has 0 saturated carbocycles. The quantitative estimate of drug-likeness (QED) is 0.0411. The summed E-state index contributed by atoms with van der Waals surface area (Å²) in [6.45, 7) is 6.49. The SMILES string of the molecule is CCCCCCCCCCCCCCCCCCCCC[C@@H](O)C(=O)N[C@@H](CO)[C@H](O)/C=C/CCCCCCCCCC(C)C. The number of carbonyl (C=O) groups is 1. The summed E-state index contributed by atoms with van der Waals surface area (Å²) in [6, 6.07) is -0.792. The molecule has 268 valence electrons. The van der Waals surface area contributed by atoms with Gasteiger partial charge in [-0.3, -0.25) is 4.79 Å². The third-order valence-corrected chi connectivity index (χ3v) is 9.31. The lowest BCUT2D eigenvalue weighted by molar-refractivity contribution is -0.131. The van der Waals surface area contributed by atoms with E-state index in [4.69, 9.17) is 0 Å². The van der Waals surface area contributed by atoms with Crippen molar-refractivity contribution < 1.29 is 20.1 Å². The molecule has 5 nitrogen and oxygen atoms in total. The van der Waals surface area contributed by atoms with E-state index in [9.17, 15) is 20.1 Å². The maximum Gasteiger partial charge on any atom is 0.249 e. The normalized spacial score (nSPS) is 13.9. The molecule has 0 aliphatic carbocycles. The number of allylic oxidation sites excluding steroid dienone is 1. The van der Waals surface area contributed by atoms with Gasteiger partial charge in [0.1, 0.15) is 6.10 Å². The van der Waals surface area contributed by atoms with Crippen LogP contribution in [0.4, 0.5) is 0 Å². The molecule has 3 atom stereocenters. The van der Waals surface area contributed by atoms with Crippen LogP contribution in [0.1, 0.15) is 207 Å². The van der Waals surface area contributed by atoms with Gasteiger partial charge in [-0.1, -0.05) is 200 Å². The van der Waals surface area contributed by atoms with Crippen molar-refractivity contribution >= 4 is 5.91 Å². The van der Waals surface area contributed by atoms with Crippen LogP contribution in [0.25, 0.3) is 0 Å². The Hall–Kier alpha value is -0.910. The van der Waals surface area contributed by atoms with Crippen LogP contribution in [0.3, 0.4) is 0 Å². The number of nitrogens with one attached hydrogen (secondary N) is 1. The molecular formula is C40H79NO4. The summed E-state index contributed by atoms with van der Waals surface area (Å²) in [7, 11) is 0. The lowest BCUT2D eigenvalue weighted by Gasteiger charge is -2.21. The van der Waals surface area contributed by atoms with Gasteiger partial charge in [0, 0.05) is 0 Å². The summed E-state index contributed by atoms with van der Waals surface area (Å²) in [4.78, 5) is 12.4. The lowest BCUT2D eigenvalue weighted by atomic mass is 10.0. The Morgan fingerprint density at radius 3 is 1.36 bits per heavy atom. The highest BCUT2D eigenvalue weighted by Gasteiger charge is 2.22. The number of hydrogen-bond acceptors (Lipinski definition) is 4. The Balaban J connectivity index is 3.66. The minimum absolute atomic E-state index is 0.361. The number of amides is 1. The molecule has 0 aromatic rings. The number of aliphatic hydroxyl groups is 3. The zero-order chi connectivity index (χ0) is 33.2. The van der Waals surface area contributed by atoms with E-state index in [1.165, 1.54) is 148 Å². The number of unbranched alkanes of at least 4 members (excludes halogenated alkanes) is 25. The van der Waals surface area contributed by atoms with Gasteiger partial charge < -0.3 is 20.6 Å². The van der Waals surface area contributed by atoms with Crippen molar-refractivity contribution in [1.29, 1.82) is 0 Å². The van der Waals surface area contributed by atoms with E-state index in [0.717, 1.165) is 38.0 Å². The topological polar surface area (TPSA) is 89.8 Å². The molecule has 0 bridgehead atoms. The van der Waals surface area contributed by atoms with Crippen LogP contribution in [-0.4, -0.2) is 46.1 Å². The fourth-order valence-electron chi connectivity index (χ4n) is 6.13. The molecule has 0 heterocycles. The molecule has 5 heteroatoms. The van der Waals surface area contributed by atoms with E-state index >= 15 is 0 Å². The summed E-state index contributed by atoms with van der Waals surface area (Å²) < 4.78 is 0. The van der Waals surface area contributed by atoms with Crippen molar-refractivity contribution in [1.82, 2.24) is 5.32 Å². The molecule has 4 N–H and O–H groups in total. The average Bonchev–Trinajstić information content (AvgIpc) is 3.02. The predicted octanol–water partition coefficient (Wildman–Crippen LogP) is 10.7. The molecule has 0 radical (unpaired) electrons. The third-order valence-electron chi connectivity index (χ3n) is 9.31. The lowest BCUT2D eigenvalue weighted by Crippen LogP contribution is -2.48. The molecule has 0 unspecified atom stereocenters. The standard InChI is InChI=1S/C40H79NO4/c1-4-5-6-7-8-9-10-11-12-13-14-15-16-17-18-21-25-28-31-34-39(44)40(45)41-37(35-42)38(43)33-30-27-24-22-19-20-23-26-29-32-36(2)3/h30,33,36-39,42-44H,4-29,31-32,34-35H2,1-3H3,(H,41,45)/b33-30+/t37-,38+,39+/m0/s1. The van der Waals surface area contributed by atoms with Crippen LogP contribution in [-0.2, 0) is 4.79 Å². The van der Waals surface area contributed by atoms with Crippen molar-refractivity contribution in [2.75, 3.05) is 6.61 Å². The molecule has 0 fully saturated rings. The fraction of sp³-hybridized carbons (Fsp3) is 0.925. The summed E-state index contributed by atoms with van der Waals surface area (Å²) >= 11 is 0. The summed E-state index contributed by atoms with van der Waals surface area (Å²) in [5.41, 5.74) is 0. The minimum Gasteiger partial charge on any atom is -0.394 e. The smallest absolute Gasteiger partial charge is 0.249 e. The van der Waals surface area contributed by atoms with Crippen molar-refractivity contribution in [3.8, 4) is 0 Å². The van der Waals surface area contributed by atoms with E-state index in [0.29, 0.717) is 6.42 Å². The van der Waals surface area contributed by atoms with Crippen LogP contribution in [0.15, 0.2) is 12.2 Å². The van der Waals surface area contributed by atoms with Crippen LogP contribution >= 0.6 is 0 Å². The maximum absolute atomic E-state index is 12.4. The maximum atomic E-state index is 12.4. The molecule has 0 aromatic carbocycles. The van der Waals surface area contributed by atoms with Gasteiger partial charge in [0.15, 0.2) is 0 Å². The summed E-state index contributed by atoms with van der Waals surface area (Å²) in [6.07, 6.45) is 38.1. The highest BCUT2D eigenvalue weighted by molar-refractivity contribution is 5.80. The van der Waals surface area contributed by atoms with Gasteiger partial charge in [-0.15, -0.1) is 0 Å². The van der Waals surface area contributed by atoms with Gasteiger partial charge in [-0.2, -0.15) is 0 Å². The third kappa shape index (κ3) is 31.5. The van der Waals surface area contributed by atoms with Crippen LogP contribution in [0.2, 0.25) is 0 Å². The van der Waals surface area contributed by atoms with E-state index in [1.807, 2.05) is 6.08 Å². The highest BCUT2D eigenvalue weighted by atomic mass is 16.3. The van der Waals surface area contributed by atoms with Crippen molar-refractivity contribution in [2.45, 2.75) is 225 Å². The molecular weight excluding hydrogens is 558 g/mol. The van der Waals surface area contributed by atoms with Gasteiger partial charge in [-0.25, -0.2) is 0 Å². The first-order valence-electron chi connectivity index (χ1n) is 19.9. The zero-order valence-corrected chi connectivity index (χ0v) is 30.4. The van der Waals surface area contributed by atoms with Crippen molar-refractivity contribution in [2.24, 2.45) is 5.92 Å². The molecule has 0 spiro atoms. The molecule has 1 amide bonds. The molecule has 0 aliphatic heterocycles. The predicted molar refractivity (Wildman–Crippen MR) is 195 cm³/mol. The number of aliphatic hydroxyl groups excluding tert-OH is 3. The van der Waals surface area contributed by atoms with Crippen LogP contribution in [0.5, 0.6) is 0 Å². The highest BCUT2D eigenvalue weighted by Crippen LogP contribution is 2.16. The van der Waals surface area contributed by atoms with Gasteiger partial charge >= 0.3 is 0 Å². The molecule has 0 aliphatic rings. The second kappa shape index (κ2) is 34.4. The first kappa shape index (κ1) is 44.1. The second-order valence-electron chi connectivity index (χ2n) is 14.3. The Labute approximate surface area is 280 Å². The monoisotopic (exact) mass is 638 g/mol. The first-order valence-corrected chi connectivity index (χ1v) is 19.9. The number of carbonyl (C=O) groups excluding carboxylic acids is 1. The van der Waals surface area contributed by atoms with Crippen molar-refractivity contribution in [3.05, 3.63) is 12.2 Å². The Morgan fingerprint density at radius 2 is 0.956 bits per heavy atom. The first-order chi connectivity index (χ1) is 21.9. The molecule has 0 aromatic heterocycles. The van der Waals surface area contributed by atoms with E-state index < -0.39 is 24.2 Å². The summed E-state index contributed by atoms with van der Waals surface area (Å²) in [5, 5.41) is 33.0. The Kier molecular flexibility index (Phi) is 33.7. The number of hydrogen-bond donors (Lipinski definition) is 4.